The Bertz CT molecular complexity index is 1690. The zero-order chi connectivity index (χ0) is 33.3. The third-order valence-electron chi connectivity index (χ3n) is 6.98. The highest BCUT2D eigenvalue weighted by Crippen LogP contribution is 2.44. The van der Waals surface area contributed by atoms with Crippen LogP contribution in [-0.2, 0) is 27.7 Å². The van der Waals surface area contributed by atoms with Crippen molar-refractivity contribution in [2.24, 2.45) is 0 Å². The molecule has 0 fully saturated rings. The van der Waals surface area contributed by atoms with Crippen molar-refractivity contribution in [3.05, 3.63) is 98.6 Å². The van der Waals surface area contributed by atoms with Crippen LogP contribution in [0.1, 0.15) is 34.7 Å². The highest BCUT2D eigenvalue weighted by atomic mass is 79.9. The molecule has 45 heavy (non-hydrogen) atoms. The minimum absolute atomic E-state index is 0.0635. The molecule has 0 spiro atoms. The summed E-state index contributed by atoms with van der Waals surface area (Å²) < 4.78 is 131. The van der Waals surface area contributed by atoms with Crippen LogP contribution in [0.3, 0.4) is 0 Å². The first kappa shape index (κ1) is 35.7. The number of benzene rings is 4. The number of hydrogen-bond acceptors (Lipinski definition) is 2. The van der Waals surface area contributed by atoms with Crippen molar-refractivity contribution in [1.29, 1.82) is 0 Å². The van der Waals surface area contributed by atoms with Gasteiger partial charge in [-0.25, -0.2) is 26.3 Å². The van der Waals surface area contributed by atoms with Crippen molar-refractivity contribution in [3.8, 4) is 39.5 Å². The molecule has 0 bridgehead atoms. The largest absolute Gasteiger partial charge is 0.496 e. The predicted molar refractivity (Wildman–Crippen MR) is 170 cm³/mol. The van der Waals surface area contributed by atoms with Crippen molar-refractivity contribution in [1.82, 2.24) is 0 Å². The number of hydrogen-bond donors (Lipinski definition) is 0. The summed E-state index contributed by atoms with van der Waals surface area (Å²) in [5, 5.41) is 1.08. The third-order valence-corrected chi connectivity index (χ3v) is 9.40. The van der Waals surface area contributed by atoms with E-state index >= 15 is 17.6 Å². The average Bonchev–Trinajstić information content (AvgIpc) is 3.05. The molecule has 4 aromatic rings. The molecule has 2 nitrogen and oxygen atoms in total. The highest BCUT2D eigenvalue weighted by molar-refractivity contribution is 9.09. The topological polar surface area (TPSA) is 18.5 Å². The van der Waals surface area contributed by atoms with Gasteiger partial charge in [-0.3, -0.25) is 0 Å². The van der Waals surface area contributed by atoms with E-state index in [0.29, 0.717) is 33.1 Å². The monoisotopic (exact) mass is 892 g/mol. The molecule has 0 radical (unpaired) electrons. The Morgan fingerprint density at radius 3 is 1.13 bits per heavy atom. The van der Waals surface area contributed by atoms with E-state index in [4.69, 9.17) is 9.47 Å². The van der Waals surface area contributed by atoms with Gasteiger partial charge in [0, 0.05) is 49.1 Å². The molecule has 240 valence electrons. The normalized spacial score (nSPS) is 11.3. The van der Waals surface area contributed by atoms with E-state index < -0.39 is 75.4 Å². The predicted octanol–water partition coefficient (Wildman–Crippen LogP) is 12.1. The lowest BCUT2D eigenvalue weighted by molar-refractivity contribution is 0.364. The zero-order valence-corrected chi connectivity index (χ0v) is 29.5. The molecule has 0 unspecified atom stereocenters. The van der Waals surface area contributed by atoms with Crippen molar-refractivity contribution in [2.45, 2.75) is 34.7 Å². The Labute approximate surface area is 286 Å². The van der Waals surface area contributed by atoms with Gasteiger partial charge >= 0.3 is 0 Å². The Hall–Kier alpha value is -2.16. The van der Waals surface area contributed by atoms with Crippen molar-refractivity contribution in [3.63, 3.8) is 0 Å². The molecular weight excluding hydrogens is 876 g/mol. The quantitative estimate of drug-likeness (QED) is 0.0897. The summed E-state index contributed by atoms with van der Waals surface area (Å²) in [6.07, 6.45) is -0.509. The molecule has 0 heterocycles. The van der Waals surface area contributed by atoms with Gasteiger partial charge in [0.25, 0.3) is 0 Å². The van der Waals surface area contributed by atoms with Crippen molar-refractivity contribution in [2.75, 3.05) is 7.11 Å². The Kier molecular flexibility index (Phi) is 11.7. The minimum Gasteiger partial charge on any atom is -0.496 e. The second kappa shape index (κ2) is 14.7. The molecule has 0 aliphatic heterocycles. The SMILES string of the molecule is CCc1c(F)c(F)c(-c2c(F)c(F)c(Oc3c(CBr)cc(-c4cc(CBr)c(OC)c(CBr)c4)cc3CBr)c(F)c2F)c(F)c1F. The van der Waals surface area contributed by atoms with E-state index in [0.717, 1.165) is 16.7 Å². The maximum atomic E-state index is 15.4. The molecule has 0 N–H and O–H groups in total. The lowest BCUT2D eigenvalue weighted by atomic mass is 9.96. The van der Waals surface area contributed by atoms with Crippen LogP contribution in [0, 0.1) is 46.5 Å². The first-order valence-corrected chi connectivity index (χ1v) is 17.4. The van der Waals surface area contributed by atoms with Crippen LogP contribution in [0.2, 0.25) is 0 Å². The summed E-state index contributed by atoms with van der Waals surface area (Å²) in [7, 11) is 1.55. The summed E-state index contributed by atoms with van der Waals surface area (Å²) in [5.74, 6) is -18.3. The lowest BCUT2D eigenvalue weighted by Crippen LogP contribution is -2.10. The molecule has 0 aliphatic carbocycles. The lowest BCUT2D eigenvalue weighted by Gasteiger charge is -2.19. The van der Waals surface area contributed by atoms with Crippen molar-refractivity contribution < 1.29 is 44.6 Å². The van der Waals surface area contributed by atoms with Gasteiger partial charge < -0.3 is 9.47 Å². The second-order valence-electron chi connectivity index (χ2n) is 9.51. The molecule has 0 amide bonds. The fourth-order valence-corrected chi connectivity index (χ4v) is 6.53. The van der Waals surface area contributed by atoms with Gasteiger partial charge in [0.2, 0.25) is 17.4 Å². The number of alkyl halides is 4. The molecule has 0 saturated carbocycles. The summed E-state index contributed by atoms with van der Waals surface area (Å²) in [5.41, 5.74) is -1.19. The fourth-order valence-electron chi connectivity index (χ4n) is 4.86. The first-order valence-electron chi connectivity index (χ1n) is 12.9. The van der Waals surface area contributed by atoms with E-state index in [1.54, 1.807) is 19.2 Å². The van der Waals surface area contributed by atoms with Gasteiger partial charge in [-0.1, -0.05) is 70.6 Å². The Morgan fingerprint density at radius 2 is 0.822 bits per heavy atom. The van der Waals surface area contributed by atoms with E-state index in [2.05, 4.69) is 63.7 Å². The van der Waals surface area contributed by atoms with Crippen LogP contribution in [0.25, 0.3) is 22.3 Å². The summed E-state index contributed by atoms with van der Waals surface area (Å²) >= 11 is 13.5. The average molecular weight is 896 g/mol. The van der Waals surface area contributed by atoms with E-state index in [1.165, 1.54) is 6.92 Å². The zero-order valence-electron chi connectivity index (χ0n) is 23.2. The molecule has 0 saturated heterocycles. The number of halogens is 12. The highest BCUT2D eigenvalue weighted by Gasteiger charge is 2.35. The van der Waals surface area contributed by atoms with Crippen LogP contribution in [-0.4, -0.2) is 7.11 Å². The van der Waals surface area contributed by atoms with E-state index in [1.807, 2.05) is 12.1 Å². The molecule has 14 heteroatoms. The van der Waals surface area contributed by atoms with Crippen LogP contribution in [0.5, 0.6) is 17.2 Å². The van der Waals surface area contributed by atoms with Crippen LogP contribution >= 0.6 is 63.7 Å². The number of rotatable bonds is 10. The smallest absolute Gasteiger partial charge is 0.205 e. The first-order chi connectivity index (χ1) is 21.4. The van der Waals surface area contributed by atoms with Crippen LogP contribution in [0.4, 0.5) is 35.1 Å². The summed E-state index contributed by atoms with van der Waals surface area (Å²) in [6.45, 7) is 1.18. The Morgan fingerprint density at radius 1 is 0.489 bits per heavy atom. The molecule has 4 rings (SSSR count). The van der Waals surface area contributed by atoms with Gasteiger partial charge in [-0.15, -0.1) is 0 Å². The molecule has 0 aliphatic rings. The second-order valence-corrected chi connectivity index (χ2v) is 11.8. The summed E-state index contributed by atoms with van der Waals surface area (Å²) in [4.78, 5) is 0. The molecule has 4 aromatic carbocycles. The number of ether oxygens (including phenoxy) is 2. The molecular formula is C31H20Br4F8O2. The Balaban J connectivity index is 1.90. The van der Waals surface area contributed by atoms with Gasteiger partial charge in [-0.05, 0) is 41.8 Å². The van der Waals surface area contributed by atoms with Gasteiger partial charge in [0.15, 0.2) is 34.9 Å². The van der Waals surface area contributed by atoms with E-state index in [9.17, 15) is 17.6 Å². The van der Waals surface area contributed by atoms with E-state index in [-0.39, 0.29) is 16.4 Å². The van der Waals surface area contributed by atoms with Gasteiger partial charge in [-0.2, -0.15) is 8.78 Å². The van der Waals surface area contributed by atoms with Crippen LogP contribution in [0.15, 0.2) is 24.3 Å². The fraction of sp³-hybridized carbons (Fsp3) is 0.226. The minimum atomic E-state index is -2.31. The maximum absolute atomic E-state index is 15.4. The van der Waals surface area contributed by atoms with Crippen LogP contribution < -0.4 is 9.47 Å². The standard InChI is InChI=1S/C31H20Br4F8O2/c1-3-18-21(36)23(38)19(24(39)22(18)37)20-25(40)27(42)31(28(43)26(20)41)45-30-16(10-34)6-13(7-17(30)11-35)12-4-14(8-32)29(44-2)15(5-12)9-33/h4-7H,3,8-11H2,1-2H3. The van der Waals surface area contributed by atoms with Gasteiger partial charge in [0.1, 0.15) is 11.5 Å². The summed E-state index contributed by atoms with van der Waals surface area (Å²) in [6, 6.07) is 7.03. The van der Waals surface area contributed by atoms with Crippen molar-refractivity contribution >= 4 is 63.7 Å². The molecule has 0 aromatic heterocycles. The third kappa shape index (κ3) is 6.40. The van der Waals surface area contributed by atoms with Gasteiger partial charge in [0.05, 0.1) is 18.2 Å². The number of methoxy groups -OCH3 is 1. The molecule has 0 atom stereocenters. The maximum Gasteiger partial charge on any atom is 0.205 e.